The van der Waals surface area contributed by atoms with E-state index in [0.29, 0.717) is 18.1 Å². The summed E-state index contributed by atoms with van der Waals surface area (Å²) in [4.78, 5) is 19.8. The smallest absolute Gasteiger partial charge is 0.338 e. The fourth-order valence-corrected chi connectivity index (χ4v) is 4.98. The van der Waals surface area contributed by atoms with E-state index in [4.69, 9.17) is 0 Å². The van der Waals surface area contributed by atoms with Crippen molar-refractivity contribution in [2.45, 2.75) is 45.6 Å². The van der Waals surface area contributed by atoms with Gasteiger partial charge < -0.3 is 5.32 Å². The van der Waals surface area contributed by atoms with Crippen molar-refractivity contribution in [3.63, 3.8) is 0 Å². The first-order valence-corrected chi connectivity index (χ1v) is 12.6. The van der Waals surface area contributed by atoms with E-state index in [1.807, 2.05) is 0 Å². The number of hydrogen-bond acceptors (Lipinski definition) is 6. The van der Waals surface area contributed by atoms with Crippen molar-refractivity contribution in [1.82, 2.24) is 24.8 Å². The molecule has 0 spiro atoms. The summed E-state index contributed by atoms with van der Waals surface area (Å²) in [6.07, 6.45) is -4.48. The highest BCUT2D eigenvalue weighted by Crippen LogP contribution is 2.37. The van der Waals surface area contributed by atoms with Gasteiger partial charge in [-0.05, 0) is 67.3 Å². The highest BCUT2D eigenvalue weighted by atomic mass is 19.4. The van der Waals surface area contributed by atoms with E-state index < -0.39 is 23.5 Å². The van der Waals surface area contributed by atoms with Crippen LogP contribution >= 0.6 is 0 Å². The average Bonchev–Trinajstić information content (AvgIpc) is 2.87. The molecule has 1 N–H and O–H groups in total. The van der Waals surface area contributed by atoms with Gasteiger partial charge in [0.15, 0.2) is 5.82 Å². The number of pyridine rings is 2. The number of benzene rings is 1. The molecule has 1 fully saturated rings. The fourth-order valence-electron chi connectivity index (χ4n) is 4.98. The Morgan fingerprint density at radius 1 is 0.950 bits per heavy atom. The number of aromatic nitrogens is 4. The maximum atomic E-state index is 13.7. The van der Waals surface area contributed by atoms with E-state index in [1.165, 1.54) is 36.7 Å². The lowest BCUT2D eigenvalue weighted by Gasteiger charge is -2.37. The standard InChI is InChI=1S/C28H26F6N6/c1-26(2)10-4-12-40(16-26)15-22-38-21-13-17(23-20(28(32,33)34)5-3-11-35-23)14-36-24(21)25(39-22)37-19-8-6-18(7-9-19)27(29,30)31/h3,5-9,11,13-14H,4,10,12,15-16H2,1-2H3,(H,37,38,39). The third kappa shape index (κ3) is 6.16. The highest BCUT2D eigenvalue weighted by Gasteiger charge is 2.34. The Kier molecular flexibility index (Phi) is 7.15. The minimum Gasteiger partial charge on any atom is -0.338 e. The number of halogens is 6. The van der Waals surface area contributed by atoms with Gasteiger partial charge in [0.25, 0.3) is 0 Å². The number of piperidine rings is 1. The zero-order valence-electron chi connectivity index (χ0n) is 21.7. The van der Waals surface area contributed by atoms with E-state index in [0.717, 1.165) is 44.1 Å². The summed E-state index contributed by atoms with van der Waals surface area (Å²) in [5, 5.41) is 3.02. The summed E-state index contributed by atoms with van der Waals surface area (Å²) in [7, 11) is 0. The monoisotopic (exact) mass is 560 g/mol. The van der Waals surface area contributed by atoms with Crippen LogP contribution in [0.3, 0.4) is 0 Å². The number of rotatable bonds is 5. The molecule has 0 bridgehead atoms. The first kappa shape index (κ1) is 27.8. The molecule has 3 aromatic heterocycles. The zero-order valence-corrected chi connectivity index (χ0v) is 21.7. The van der Waals surface area contributed by atoms with Crippen LogP contribution in [0.5, 0.6) is 0 Å². The Morgan fingerprint density at radius 2 is 1.70 bits per heavy atom. The lowest BCUT2D eigenvalue weighted by atomic mass is 9.84. The molecule has 4 heterocycles. The number of nitrogens with one attached hydrogen (secondary N) is 1. The van der Waals surface area contributed by atoms with Gasteiger partial charge in [-0.25, -0.2) is 15.0 Å². The largest absolute Gasteiger partial charge is 0.418 e. The van der Waals surface area contributed by atoms with Crippen molar-refractivity contribution in [2.75, 3.05) is 18.4 Å². The van der Waals surface area contributed by atoms with Crippen LogP contribution in [-0.4, -0.2) is 37.9 Å². The number of nitrogens with zero attached hydrogens (tertiary/aromatic N) is 5. The molecule has 4 aromatic rings. The van der Waals surface area contributed by atoms with E-state index in [2.05, 4.69) is 44.0 Å². The van der Waals surface area contributed by atoms with Crippen LogP contribution < -0.4 is 5.32 Å². The van der Waals surface area contributed by atoms with Gasteiger partial charge in [-0.3, -0.25) is 9.88 Å². The maximum absolute atomic E-state index is 13.7. The van der Waals surface area contributed by atoms with E-state index in [9.17, 15) is 26.3 Å². The normalized spacial score (nSPS) is 16.3. The summed E-state index contributed by atoms with van der Waals surface area (Å²) in [6.45, 7) is 6.41. The first-order chi connectivity index (χ1) is 18.8. The van der Waals surface area contributed by atoms with Crippen molar-refractivity contribution in [3.05, 3.63) is 71.8 Å². The maximum Gasteiger partial charge on any atom is 0.418 e. The third-order valence-corrected chi connectivity index (χ3v) is 6.79. The SMILES string of the molecule is CC1(C)CCCN(Cc2nc(Nc3ccc(C(F)(F)F)cc3)c3ncc(-c4ncccc4C(F)(F)F)cc3n2)C1. The minimum absolute atomic E-state index is 0.109. The molecule has 1 aromatic carbocycles. The molecule has 5 rings (SSSR count). The van der Waals surface area contributed by atoms with Gasteiger partial charge in [0.1, 0.15) is 11.3 Å². The van der Waals surface area contributed by atoms with Gasteiger partial charge in [0.05, 0.1) is 28.9 Å². The molecule has 0 radical (unpaired) electrons. The summed E-state index contributed by atoms with van der Waals surface area (Å²) in [5.74, 6) is 0.648. The van der Waals surface area contributed by atoms with Crippen molar-refractivity contribution in [3.8, 4) is 11.3 Å². The molecule has 210 valence electrons. The van der Waals surface area contributed by atoms with Crippen LogP contribution in [0.1, 0.15) is 43.6 Å². The Bertz CT molecular complexity index is 1510. The van der Waals surface area contributed by atoms with Crippen LogP contribution in [0, 0.1) is 5.41 Å². The Labute approximate surface area is 226 Å². The molecule has 0 saturated carbocycles. The van der Waals surface area contributed by atoms with Crippen molar-refractivity contribution in [1.29, 1.82) is 0 Å². The Balaban J connectivity index is 1.57. The lowest BCUT2D eigenvalue weighted by molar-refractivity contribution is -0.138. The second kappa shape index (κ2) is 10.3. The number of likely N-dealkylation sites (tertiary alicyclic amines) is 1. The van der Waals surface area contributed by atoms with Gasteiger partial charge in [-0.1, -0.05) is 13.8 Å². The molecule has 1 saturated heterocycles. The molecule has 0 unspecified atom stereocenters. The van der Waals surface area contributed by atoms with Gasteiger partial charge in [-0.2, -0.15) is 26.3 Å². The summed E-state index contributed by atoms with van der Waals surface area (Å²) in [5.41, 5.74) is -0.847. The lowest BCUT2D eigenvalue weighted by Crippen LogP contribution is -2.39. The number of hydrogen-bond donors (Lipinski definition) is 1. The minimum atomic E-state index is -4.62. The molecule has 1 aliphatic heterocycles. The Hall–Kier alpha value is -3.80. The molecule has 0 amide bonds. The van der Waals surface area contributed by atoms with Crippen LogP contribution in [0.25, 0.3) is 22.3 Å². The van der Waals surface area contributed by atoms with Crippen molar-refractivity contribution >= 4 is 22.5 Å². The van der Waals surface area contributed by atoms with E-state index >= 15 is 0 Å². The van der Waals surface area contributed by atoms with E-state index in [1.54, 1.807) is 0 Å². The fraction of sp³-hybridized carbons (Fsp3) is 0.357. The zero-order chi connectivity index (χ0) is 28.7. The predicted molar refractivity (Wildman–Crippen MR) is 139 cm³/mol. The number of anilines is 2. The number of fused-ring (bicyclic) bond motifs is 1. The van der Waals surface area contributed by atoms with Crippen LogP contribution in [0.4, 0.5) is 37.8 Å². The summed E-state index contributed by atoms with van der Waals surface area (Å²) in [6, 6.07) is 8.11. The van der Waals surface area contributed by atoms with Gasteiger partial charge in [-0.15, -0.1) is 0 Å². The molecule has 1 aliphatic rings. The summed E-state index contributed by atoms with van der Waals surface area (Å²) >= 11 is 0. The molecule has 12 heteroatoms. The van der Waals surface area contributed by atoms with Crippen molar-refractivity contribution in [2.24, 2.45) is 5.41 Å². The highest BCUT2D eigenvalue weighted by molar-refractivity contribution is 5.89. The molecule has 0 aliphatic carbocycles. The van der Waals surface area contributed by atoms with Gasteiger partial charge in [0.2, 0.25) is 0 Å². The number of alkyl halides is 6. The molecule has 6 nitrogen and oxygen atoms in total. The predicted octanol–water partition coefficient (Wildman–Crippen LogP) is 7.49. The first-order valence-electron chi connectivity index (χ1n) is 12.6. The van der Waals surface area contributed by atoms with Crippen molar-refractivity contribution < 1.29 is 26.3 Å². The topological polar surface area (TPSA) is 66.8 Å². The van der Waals surface area contributed by atoms with Gasteiger partial charge >= 0.3 is 12.4 Å². The van der Waals surface area contributed by atoms with Crippen LogP contribution in [-0.2, 0) is 18.9 Å². The van der Waals surface area contributed by atoms with Crippen LogP contribution in [0.15, 0.2) is 54.9 Å². The Morgan fingerprint density at radius 3 is 2.38 bits per heavy atom. The van der Waals surface area contributed by atoms with Gasteiger partial charge in [0, 0.05) is 30.2 Å². The van der Waals surface area contributed by atoms with E-state index in [-0.39, 0.29) is 33.5 Å². The van der Waals surface area contributed by atoms with Crippen LogP contribution in [0.2, 0.25) is 0 Å². The molecule has 40 heavy (non-hydrogen) atoms. The summed E-state index contributed by atoms with van der Waals surface area (Å²) < 4.78 is 80.1. The molecular formula is C28H26F6N6. The molecule has 0 atom stereocenters. The molecular weight excluding hydrogens is 534 g/mol. The second-order valence-electron chi connectivity index (χ2n) is 10.7. The second-order valence-corrected chi connectivity index (χ2v) is 10.7. The quantitative estimate of drug-likeness (QED) is 0.255. The average molecular weight is 561 g/mol. The third-order valence-electron chi connectivity index (χ3n) is 6.79.